The van der Waals surface area contributed by atoms with Crippen molar-refractivity contribution < 1.29 is 12.8 Å². The minimum Gasteiger partial charge on any atom is -0.303 e. The Bertz CT molecular complexity index is 822. The number of hydrogen-bond acceptors (Lipinski definition) is 3. The number of halogens is 1. The van der Waals surface area contributed by atoms with E-state index in [9.17, 15) is 12.8 Å². The number of anilines is 1. The summed E-state index contributed by atoms with van der Waals surface area (Å²) in [4.78, 5) is 2.38. The molecule has 1 heterocycles. The summed E-state index contributed by atoms with van der Waals surface area (Å²) in [5, 5.41) is 0. The van der Waals surface area contributed by atoms with Crippen molar-refractivity contribution >= 4 is 15.7 Å². The highest BCUT2D eigenvalue weighted by molar-refractivity contribution is 7.92. The summed E-state index contributed by atoms with van der Waals surface area (Å²) in [6.07, 6.45) is 2.29. The maximum Gasteiger partial charge on any atom is 0.261 e. The first-order valence-corrected chi connectivity index (χ1v) is 10.1. The van der Waals surface area contributed by atoms with Crippen LogP contribution in [0.25, 0.3) is 0 Å². The highest BCUT2D eigenvalue weighted by Gasteiger charge is 2.23. The lowest BCUT2D eigenvalue weighted by molar-refractivity contribution is 0.335. The van der Waals surface area contributed by atoms with Crippen molar-refractivity contribution in [1.82, 2.24) is 4.90 Å². The first-order valence-electron chi connectivity index (χ1n) is 8.58. The molecular weight excluding hydrogens is 339 g/mol. The Morgan fingerprint density at radius 1 is 1.20 bits per heavy atom. The molecule has 1 fully saturated rings. The molecule has 1 N–H and O–H groups in total. The fourth-order valence-corrected chi connectivity index (χ4v) is 4.39. The van der Waals surface area contributed by atoms with E-state index >= 15 is 0 Å². The number of rotatable bonds is 6. The van der Waals surface area contributed by atoms with E-state index in [1.807, 2.05) is 12.1 Å². The molecule has 0 aliphatic carbocycles. The van der Waals surface area contributed by atoms with Crippen LogP contribution in [0.1, 0.15) is 31.2 Å². The topological polar surface area (TPSA) is 49.4 Å². The van der Waals surface area contributed by atoms with Crippen LogP contribution in [0.2, 0.25) is 0 Å². The van der Waals surface area contributed by atoms with Gasteiger partial charge < -0.3 is 4.90 Å². The lowest BCUT2D eigenvalue weighted by Crippen LogP contribution is -2.20. The average molecular weight is 362 g/mol. The van der Waals surface area contributed by atoms with Gasteiger partial charge in [0, 0.05) is 12.2 Å². The molecule has 0 saturated carbocycles. The first kappa shape index (κ1) is 17.9. The monoisotopic (exact) mass is 362 g/mol. The smallest absolute Gasteiger partial charge is 0.261 e. The van der Waals surface area contributed by atoms with Gasteiger partial charge in [0.1, 0.15) is 5.82 Å². The van der Waals surface area contributed by atoms with Crippen LogP contribution < -0.4 is 4.72 Å². The van der Waals surface area contributed by atoms with Gasteiger partial charge in [-0.15, -0.1) is 0 Å². The van der Waals surface area contributed by atoms with E-state index in [1.165, 1.54) is 23.8 Å². The molecule has 0 amide bonds. The molecule has 4 nitrogen and oxygen atoms in total. The molecule has 3 rings (SSSR count). The summed E-state index contributed by atoms with van der Waals surface area (Å²) in [5.74, 6) is -0.0727. The van der Waals surface area contributed by atoms with Crippen molar-refractivity contribution in [3.63, 3.8) is 0 Å². The van der Waals surface area contributed by atoms with Crippen LogP contribution >= 0.6 is 0 Å². The minimum absolute atomic E-state index is 0.0809. The maximum absolute atomic E-state index is 13.3. The Hall–Kier alpha value is -1.92. The predicted molar refractivity (Wildman–Crippen MR) is 97.7 cm³/mol. The second-order valence-corrected chi connectivity index (χ2v) is 8.15. The molecule has 134 valence electrons. The van der Waals surface area contributed by atoms with E-state index in [2.05, 4.69) is 16.5 Å². The van der Waals surface area contributed by atoms with Gasteiger partial charge in [-0.3, -0.25) is 4.72 Å². The molecule has 0 spiro atoms. The van der Waals surface area contributed by atoms with Crippen molar-refractivity contribution in [2.75, 3.05) is 24.4 Å². The highest BCUT2D eigenvalue weighted by atomic mass is 32.2. The third-order valence-corrected chi connectivity index (χ3v) is 5.93. The van der Waals surface area contributed by atoms with Crippen LogP contribution in [0.5, 0.6) is 0 Å². The molecule has 1 aliphatic heterocycles. The fraction of sp³-hybridized carbons (Fsp3) is 0.368. The number of nitrogens with zero attached hydrogens (tertiary/aromatic N) is 1. The molecule has 0 aromatic heterocycles. The summed E-state index contributed by atoms with van der Waals surface area (Å²) in [6.45, 7) is 5.49. The molecule has 2 aromatic carbocycles. The number of sulfonamides is 1. The summed E-state index contributed by atoms with van der Waals surface area (Å²) >= 11 is 0. The van der Waals surface area contributed by atoms with Gasteiger partial charge in [0.2, 0.25) is 0 Å². The van der Waals surface area contributed by atoms with Crippen molar-refractivity contribution in [2.24, 2.45) is 0 Å². The Kier molecular flexibility index (Phi) is 5.39. The Morgan fingerprint density at radius 3 is 2.64 bits per heavy atom. The SMILES string of the molecule is CCCN1CC[C@@H](c2ccc(NS(=O)(=O)c3cccc(F)c3)cc2)C1. The number of likely N-dealkylation sites (tertiary alicyclic amines) is 1. The van der Waals surface area contributed by atoms with Gasteiger partial charge >= 0.3 is 0 Å². The quantitative estimate of drug-likeness (QED) is 0.850. The molecule has 2 aromatic rings. The van der Waals surface area contributed by atoms with Crippen molar-refractivity contribution in [3.8, 4) is 0 Å². The van der Waals surface area contributed by atoms with Crippen LogP contribution in [0.4, 0.5) is 10.1 Å². The molecule has 0 radical (unpaired) electrons. The zero-order valence-corrected chi connectivity index (χ0v) is 15.1. The van der Waals surface area contributed by atoms with E-state index in [0.717, 1.165) is 38.5 Å². The van der Waals surface area contributed by atoms with Gasteiger partial charge in [-0.2, -0.15) is 0 Å². The summed E-state index contributed by atoms with van der Waals surface area (Å²) in [7, 11) is -3.78. The maximum atomic E-state index is 13.3. The van der Waals surface area contributed by atoms with Gasteiger partial charge in [-0.1, -0.05) is 25.1 Å². The molecule has 1 atom stereocenters. The van der Waals surface area contributed by atoms with Gasteiger partial charge in [0.15, 0.2) is 0 Å². The lowest BCUT2D eigenvalue weighted by atomic mass is 9.98. The largest absolute Gasteiger partial charge is 0.303 e. The van der Waals surface area contributed by atoms with E-state index in [-0.39, 0.29) is 4.90 Å². The van der Waals surface area contributed by atoms with Gasteiger partial charge in [0.05, 0.1) is 4.90 Å². The van der Waals surface area contributed by atoms with Crippen LogP contribution in [-0.4, -0.2) is 33.0 Å². The molecular formula is C19H23FN2O2S. The van der Waals surface area contributed by atoms with Crippen molar-refractivity contribution in [3.05, 3.63) is 59.9 Å². The van der Waals surface area contributed by atoms with Crippen molar-refractivity contribution in [2.45, 2.75) is 30.6 Å². The zero-order valence-electron chi connectivity index (χ0n) is 14.3. The zero-order chi connectivity index (χ0) is 17.9. The summed E-state index contributed by atoms with van der Waals surface area (Å²) < 4.78 is 40.4. The Morgan fingerprint density at radius 2 is 1.96 bits per heavy atom. The average Bonchev–Trinajstić information content (AvgIpc) is 3.04. The fourth-order valence-electron chi connectivity index (χ4n) is 3.30. The summed E-state index contributed by atoms with van der Waals surface area (Å²) in [5.41, 5.74) is 1.71. The Labute approximate surface area is 148 Å². The molecule has 1 aliphatic rings. The van der Waals surface area contributed by atoms with Crippen LogP contribution in [0.15, 0.2) is 53.4 Å². The number of nitrogens with one attached hydrogen (secondary N) is 1. The van der Waals surface area contributed by atoms with E-state index < -0.39 is 15.8 Å². The lowest BCUT2D eigenvalue weighted by Gasteiger charge is -2.15. The molecule has 1 saturated heterocycles. The Balaban J connectivity index is 1.69. The van der Waals surface area contributed by atoms with Crippen LogP contribution in [0.3, 0.4) is 0 Å². The van der Waals surface area contributed by atoms with E-state index in [1.54, 1.807) is 12.1 Å². The second-order valence-electron chi connectivity index (χ2n) is 6.47. The number of hydrogen-bond donors (Lipinski definition) is 1. The molecule has 0 unspecified atom stereocenters. The standard InChI is InChI=1S/C19H23FN2O2S/c1-2-11-22-12-10-16(14-22)15-6-8-18(9-7-15)21-25(23,24)19-5-3-4-17(20)13-19/h3-9,13,16,21H,2,10-12,14H2,1H3/t16-/m1/s1. The third-order valence-electron chi connectivity index (χ3n) is 4.55. The van der Waals surface area contributed by atoms with E-state index in [4.69, 9.17) is 0 Å². The highest BCUT2D eigenvalue weighted by Crippen LogP contribution is 2.28. The van der Waals surface area contributed by atoms with Gasteiger partial charge in [-0.05, 0) is 67.7 Å². The van der Waals surface area contributed by atoms with Crippen molar-refractivity contribution in [1.29, 1.82) is 0 Å². The first-order chi connectivity index (χ1) is 12.0. The molecule has 25 heavy (non-hydrogen) atoms. The minimum atomic E-state index is -3.78. The predicted octanol–water partition coefficient (Wildman–Crippen LogP) is 3.83. The van der Waals surface area contributed by atoms with Gasteiger partial charge in [0.25, 0.3) is 10.0 Å². The van der Waals surface area contributed by atoms with Gasteiger partial charge in [-0.25, -0.2) is 12.8 Å². The van der Waals surface area contributed by atoms with E-state index in [0.29, 0.717) is 11.6 Å². The van der Waals surface area contributed by atoms with Crippen LogP contribution in [-0.2, 0) is 10.0 Å². The normalized spacial score (nSPS) is 18.4. The third kappa shape index (κ3) is 4.38. The van der Waals surface area contributed by atoms with Crippen LogP contribution in [0, 0.1) is 5.82 Å². The second kappa shape index (κ2) is 7.54. The molecule has 6 heteroatoms. The molecule has 0 bridgehead atoms. The number of benzene rings is 2. The summed E-state index contributed by atoms with van der Waals surface area (Å²) in [6, 6.07) is 12.5.